The van der Waals surface area contributed by atoms with Crippen LogP contribution in [0.5, 0.6) is 0 Å². The van der Waals surface area contributed by atoms with Gasteiger partial charge >= 0.3 is 7.32 Å². The van der Waals surface area contributed by atoms with Crippen LogP contribution in [0.1, 0.15) is 41.5 Å². The average molecular weight is 233 g/mol. The van der Waals surface area contributed by atoms with E-state index in [-0.39, 0.29) is 0 Å². The first kappa shape index (κ1) is 15.9. The lowest BCUT2D eigenvalue weighted by molar-refractivity contribution is -0.214. The molecule has 0 saturated heterocycles. The number of rotatable bonds is 8. The van der Waals surface area contributed by atoms with Crippen LogP contribution in [-0.2, 0) is 23.8 Å². The first-order valence-corrected chi connectivity index (χ1v) is 5.52. The van der Waals surface area contributed by atoms with Crippen molar-refractivity contribution < 1.29 is 23.8 Å². The van der Waals surface area contributed by atoms with Crippen molar-refractivity contribution in [3.8, 4) is 0 Å². The molecule has 6 heteroatoms. The highest BCUT2D eigenvalue weighted by atomic mass is 16.8. The van der Waals surface area contributed by atoms with E-state index in [4.69, 9.17) is 18.8 Å². The van der Waals surface area contributed by atoms with E-state index in [2.05, 4.69) is 0 Å². The summed E-state index contributed by atoms with van der Waals surface area (Å²) >= 11 is 0. The Labute approximate surface area is 98.2 Å². The summed E-state index contributed by atoms with van der Waals surface area (Å²) in [6.07, 6.45) is 0. The molecule has 0 aromatic heterocycles. The van der Waals surface area contributed by atoms with Gasteiger partial charge in [0.25, 0.3) is 0 Å². The van der Waals surface area contributed by atoms with E-state index in [1.54, 1.807) is 27.7 Å². The molecule has 16 heavy (non-hydrogen) atoms. The van der Waals surface area contributed by atoms with Crippen LogP contribution >= 0.6 is 0 Å². The van der Waals surface area contributed by atoms with E-state index in [9.17, 15) is 5.02 Å². The molecule has 0 N–H and O–H groups in total. The molecule has 0 spiro atoms. The van der Waals surface area contributed by atoms with Crippen LogP contribution in [-0.4, -0.2) is 32.1 Å². The van der Waals surface area contributed by atoms with E-state index >= 15 is 0 Å². The van der Waals surface area contributed by atoms with Crippen molar-refractivity contribution >= 4 is 7.32 Å². The van der Waals surface area contributed by atoms with Gasteiger partial charge in [0.1, 0.15) is 0 Å². The summed E-state index contributed by atoms with van der Waals surface area (Å²) < 4.78 is 20.6. The van der Waals surface area contributed by atoms with Gasteiger partial charge < -0.3 is 18.8 Å². The molecule has 0 aliphatic heterocycles. The summed E-state index contributed by atoms with van der Waals surface area (Å²) in [4.78, 5) is 0. The molecule has 0 rings (SSSR count). The number of hydrogen-bond acceptors (Lipinski definition) is 4. The third kappa shape index (κ3) is 7.19. The molecular weight excluding hydrogens is 211 g/mol. The van der Waals surface area contributed by atoms with Crippen LogP contribution in [0.2, 0.25) is 0 Å². The quantitative estimate of drug-likeness (QED) is 0.475. The molecule has 0 amide bonds. The molecule has 0 aliphatic carbocycles. The van der Waals surface area contributed by atoms with Crippen LogP contribution in [0.3, 0.4) is 0 Å². The minimum absolute atomic E-state index is 0.467. The molecule has 0 unspecified atom stereocenters. The predicted molar refractivity (Wildman–Crippen MR) is 60.0 cm³/mol. The molecular formula is C10H22BO5. The minimum Gasteiger partial charge on any atom is -0.356 e. The topological polar surface area (TPSA) is 56.8 Å². The fraction of sp³-hybridized carbons (Fsp3) is 1.00. The second-order valence-electron chi connectivity index (χ2n) is 4.19. The van der Waals surface area contributed by atoms with Crippen LogP contribution in [0.4, 0.5) is 0 Å². The first-order valence-electron chi connectivity index (χ1n) is 5.52. The Morgan fingerprint density at radius 2 is 1.19 bits per heavy atom. The normalized spacial score (nSPS) is 12.9. The van der Waals surface area contributed by atoms with Gasteiger partial charge in [0, 0.05) is 13.2 Å². The number of ether oxygens (including phenoxy) is 2. The lowest BCUT2D eigenvalue weighted by Crippen LogP contribution is -2.43. The molecule has 0 fully saturated rings. The van der Waals surface area contributed by atoms with Crippen LogP contribution in [0.15, 0.2) is 0 Å². The summed E-state index contributed by atoms with van der Waals surface area (Å²) in [7, 11) is -1.64. The van der Waals surface area contributed by atoms with Gasteiger partial charge in [-0.3, -0.25) is 0 Å². The van der Waals surface area contributed by atoms with Gasteiger partial charge in [0.15, 0.2) is 11.6 Å². The average Bonchev–Trinajstić information content (AvgIpc) is 1.99. The third-order valence-electron chi connectivity index (χ3n) is 1.74. The molecule has 0 aliphatic rings. The fourth-order valence-corrected chi connectivity index (χ4v) is 1.25. The zero-order valence-electron chi connectivity index (χ0n) is 11.0. The molecule has 0 heterocycles. The standard InChI is InChI=1S/C10H22BO5/c1-7-13-9(3,4)15-11(12)16-10(5,6)14-8-2/h7-8H2,1-6H3. The summed E-state index contributed by atoms with van der Waals surface area (Å²) in [6, 6.07) is 0. The monoisotopic (exact) mass is 233 g/mol. The van der Waals surface area contributed by atoms with Crippen molar-refractivity contribution in [2.24, 2.45) is 0 Å². The van der Waals surface area contributed by atoms with E-state index in [1.807, 2.05) is 13.8 Å². The maximum Gasteiger partial charge on any atom is 0.671 e. The largest absolute Gasteiger partial charge is 0.671 e. The third-order valence-corrected chi connectivity index (χ3v) is 1.74. The first-order chi connectivity index (χ1) is 7.22. The van der Waals surface area contributed by atoms with E-state index in [1.165, 1.54) is 0 Å². The molecule has 0 atom stereocenters. The van der Waals surface area contributed by atoms with E-state index in [0.717, 1.165) is 0 Å². The Balaban J connectivity index is 4.11. The molecule has 95 valence electrons. The summed E-state index contributed by atoms with van der Waals surface area (Å²) in [6.45, 7) is 11.3. The van der Waals surface area contributed by atoms with Gasteiger partial charge in [-0.05, 0) is 41.5 Å². The zero-order valence-corrected chi connectivity index (χ0v) is 11.0. The van der Waals surface area contributed by atoms with Crippen LogP contribution in [0.25, 0.3) is 0 Å². The predicted octanol–water partition coefficient (Wildman–Crippen LogP) is 1.98. The van der Waals surface area contributed by atoms with Crippen molar-refractivity contribution in [1.82, 2.24) is 0 Å². The highest BCUT2D eigenvalue weighted by molar-refractivity contribution is 6.34. The van der Waals surface area contributed by atoms with Crippen molar-refractivity contribution in [2.45, 2.75) is 53.1 Å². The Morgan fingerprint density at radius 3 is 1.44 bits per heavy atom. The highest BCUT2D eigenvalue weighted by Gasteiger charge is 2.35. The highest BCUT2D eigenvalue weighted by Crippen LogP contribution is 2.17. The Kier molecular flexibility index (Phi) is 6.51. The Bertz CT molecular complexity index is 176. The summed E-state index contributed by atoms with van der Waals surface area (Å²) in [5.41, 5.74) is 0. The SMILES string of the molecule is CCOC(C)(C)OB([O])OC(C)(C)OCC. The van der Waals surface area contributed by atoms with Gasteiger partial charge in [-0.25, -0.2) is 5.02 Å². The zero-order chi connectivity index (χ0) is 12.8. The van der Waals surface area contributed by atoms with Crippen LogP contribution < -0.4 is 0 Å². The molecule has 5 nitrogen and oxygen atoms in total. The van der Waals surface area contributed by atoms with Gasteiger partial charge in [-0.2, -0.15) is 0 Å². The Hall–Kier alpha value is -0.135. The summed E-state index contributed by atoms with van der Waals surface area (Å²) in [5.74, 6) is -1.91. The van der Waals surface area contributed by atoms with Gasteiger partial charge in [0.05, 0.1) is 0 Å². The molecule has 1 radical (unpaired) electrons. The van der Waals surface area contributed by atoms with E-state index < -0.39 is 18.9 Å². The molecule has 0 aromatic rings. The van der Waals surface area contributed by atoms with Crippen molar-refractivity contribution in [1.29, 1.82) is 0 Å². The Morgan fingerprint density at radius 1 is 0.875 bits per heavy atom. The lowest BCUT2D eigenvalue weighted by atomic mass is 10.2. The van der Waals surface area contributed by atoms with Gasteiger partial charge in [0.2, 0.25) is 0 Å². The summed E-state index contributed by atoms with van der Waals surface area (Å²) in [5, 5.41) is 11.5. The van der Waals surface area contributed by atoms with Crippen molar-refractivity contribution in [3.05, 3.63) is 0 Å². The van der Waals surface area contributed by atoms with Crippen molar-refractivity contribution in [2.75, 3.05) is 13.2 Å². The van der Waals surface area contributed by atoms with Crippen LogP contribution in [0, 0.1) is 0 Å². The molecule has 0 saturated carbocycles. The maximum atomic E-state index is 11.5. The maximum absolute atomic E-state index is 11.5. The fourth-order valence-electron chi connectivity index (χ4n) is 1.25. The van der Waals surface area contributed by atoms with E-state index in [0.29, 0.717) is 13.2 Å². The second kappa shape index (κ2) is 6.56. The minimum atomic E-state index is -1.64. The second-order valence-corrected chi connectivity index (χ2v) is 4.19. The van der Waals surface area contributed by atoms with Gasteiger partial charge in [-0.15, -0.1) is 0 Å². The molecule has 0 aromatic carbocycles. The van der Waals surface area contributed by atoms with Gasteiger partial charge in [-0.1, -0.05) is 0 Å². The molecule has 0 bridgehead atoms. The number of hydrogen-bond donors (Lipinski definition) is 0. The lowest BCUT2D eigenvalue weighted by Gasteiger charge is -2.30. The van der Waals surface area contributed by atoms with Crippen molar-refractivity contribution in [3.63, 3.8) is 0 Å². The smallest absolute Gasteiger partial charge is 0.356 e.